The van der Waals surface area contributed by atoms with Crippen LogP contribution in [0.15, 0.2) is 39.5 Å². The lowest BCUT2D eigenvalue weighted by atomic mass is 10.1. The number of carbonyl (C=O) groups is 3. The van der Waals surface area contributed by atoms with Gasteiger partial charge < -0.3 is 28.8 Å². The van der Waals surface area contributed by atoms with E-state index in [4.69, 9.17) is 18.6 Å². The fraction of sp³-hybridized carbons (Fsp3) is 0.647. The molecule has 3 rings (SSSR count). The summed E-state index contributed by atoms with van der Waals surface area (Å²) in [5, 5.41) is 20.7. The van der Waals surface area contributed by atoms with Gasteiger partial charge in [-0.2, -0.15) is 0 Å². The molecule has 10 nitrogen and oxygen atoms in total. The molecule has 0 aliphatic rings. The SMILES string of the molecule is CCCCCCCCCCCC(=O)Oc1cc(OC(=O)CCCCCCCCCCC)c2c(=O)c(OC(=O)CCCCCCCCCCC)c(-c3ccc(O)cc3O)oc2c1. The number of esters is 3. The molecule has 340 valence electrons. The standard InChI is InChI=1S/C51H76O10/c1-4-7-10-13-16-19-22-25-28-31-45(54)58-40-37-43(59-46(55)32-29-26-23-20-17-14-11-8-5-2)48-44(38-40)60-50(41-35-34-39(52)36-42(41)53)51(49(48)57)61-47(56)33-30-27-24-21-18-15-12-9-6-3/h34-38,52-53H,4-33H2,1-3H3. The molecule has 61 heavy (non-hydrogen) atoms. The second-order valence-electron chi connectivity index (χ2n) is 16.7. The number of benzene rings is 2. The minimum absolute atomic E-state index is 0.0124. The highest BCUT2D eigenvalue weighted by Gasteiger charge is 2.26. The minimum Gasteiger partial charge on any atom is -0.508 e. The van der Waals surface area contributed by atoms with Gasteiger partial charge in [-0.25, -0.2) is 0 Å². The summed E-state index contributed by atoms with van der Waals surface area (Å²) in [4.78, 5) is 54.1. The van der Waals surface area contributed by atoms with Gasteiger partial charge in [0.05, 0.1) is 5.56 Å². The first-order valence-corrected chi connectivity index (χ1v) is 24.0. The maximum Gasteiger partial charge on any atom is 0.311 e. The van der Waals surface area contributed by atoms with Crippen molar-refractivity contribution in [2.45, 2.75) is 213 Å². The summed E-state index contributed by atoms with van der Waals surface area (Å²) in [6.07, 6.45) is 29.5. The highest BCUT2D eigenvalue weighted by Crippen LogP contribution is 2.41. The summed E-state index contributed by atoms with van der Waals surface area (Å²) >= 11 is 0. The Balaban J connectivity index is 1.85. The Morgan fingerprint density at radius 1 is 0.508 bits per heavy atom. The van der Waals surface area contributed by atoms with Crippen LogP contribution in [-0.4, -0.2) is 28.1 Å². The second kappa shape index (κ2) is 30.6. The molecule has 0 bridgehead atoms. The largest absolute Gasteiger partial charge is 0.508 e. The van der Waals surface area contributed by atoms with Crippen molar-refractivity contribution in [1.82, 2.24) is 0 Å². The van der Waals surface area contributed by atoms with Crippen molar-refractivity contribution in [3.8, 4) is 40.1 Å². The summed E-state index contributed by atoms with van der Waals surface area (Å²) in [5.41, 5.74) is -0.924. The Morgan fingerprint density at radius 2 is 0.918 bits per heavy atom. The molecule has 0 radical (unpaired) electrons. The van der Waals surface area contributed by atoms with Gasteiger partial charge in [0.1, 0.15) is 34.0 Å². The number of hydrogen-bond acceptors (Lipinski definition) is 10. The first-order valence-electron chi connectivity index (χ1n) is 24.0. The van der Waals surface area contributed by atoms with Crippen molar-refractivity contribution < 1.29 is 43.2 Å². The molecule has 0 amide bonds. The molecule has 2 N–H and O–H groups in total. The molecular formula is C51H76O10. The fourth-order valence-electron chi connectivity index (χ4n) is 7.63. The number of unbranched alkanes of at least 4 members (excludes halogenated alkanes) is 24. The van der Waals surface area contributed by atoms with Crippen LogP contribution < -0.4 is 19.6 Å². The smallest absolute Gasteiger partial charge is 0.311 e. The molecular weight excluding hydrogens is 773 g/mol. The van der Waals surface area contributed by atoms with E-state index in [0.29, 0.717) is 19.3 Å². The van der Waals surface area contributed by atoms with Crippen molar-refractivity contribution in [3.05, 3.63) is 40.6 Å². The van der Waals surface area contributed by atoms with Crippen LogP contribution in [0.5, 0.6) is 28.7 Å². The van der Waals surface area contributed by atoms with Crippen LogP contribution in [0.25, 0.3) is 22.3 Å². The lowest BCUT2D eigenvalue weighted by molar-refractivity contribution is -0.135. The fourth-order valence-corrected chi connectivity index (χ4v) is 7.63. The van der Waals surface area contributed by atoms with Gasteiger partial charge in [-0.1, -0.05) is 175 Å². The predicted molar refractivity (Wildman–Crippen MR) is 244 cm³/mol. The van der Waals surface area contributed by atoms with Gasteiger partial charge in [0.15, 0.2) is 5.76 Å². The topological polar surface area (TPSA) is 150 Å². The van der Waals surface area contributed by atoms with Crippen LogP contribution >= 0.6 is 0 Å². The molecule has 1 aromatic heterocycles. The van der Waals surface area contributed by atoms with Crippen molar-refractivity contribution in [3.63, 3.8) is 0 Å². The van der Waals surface area contributed by atoms with Crippen LogP contribution in [-0.2, 0) is 14.4 Å². The van der Waals surface area contributed by atoms with Crippen molar-refractivity contribution in [2.75, 3.05) is 0 Å². The summed E-state index contributed by atoms with van der Waals surface area (Å²) in [5.74, 6) is -3.26. The molecule has 0 unspecified atom stereocenters. The van der Waals surface area contributed by atoms with E-state index in [0.717, 1.165) is 70.3 Å². The Bertz CT molecular complexity index is 1790. The van der Waals surface area contributed by atoms with E-state index in [1.165, 1.54) is 114 Å². The molecule has 2 aromatic carbocycles. The van der Waals surface area contributed by atoms with Gasteiger partial charge in [-0.05, 0) is 31.4 Å². The number of ether oxygens (including phenoxy) is 3. The van der Waals surface area contributed by atoms with E-state index in [-0.39, 0.29) is 58.8 Å². The van der Waals surface area contributed by atoms with Gasteiger partial charge in [-0.15, -0.1) is 0 Å². The van der Waals surface area contributed by atoms with Crippen LogP contribution in [0.2, 0.25) is 0 Å². The average molecular weight is 849 g/mol. The number of hydrogen-bond donors (Lipinski definition) is 2. The van der Waals surface area contributed by atoms with Crippen molar-refractivity contribution in [1.29, 1.82) is 0 Å². The Morgan fingerprint density at radius 3 is 1.36 bits per heavy atom. The summed E-state index contributed by atoms with van der Waals surface area (Å²) in [7, 11) is 0. The number of rotatable bonds is 34. The zero-order chi connectivity index (χ0) is 44.1. The molecule has 3 aromatic rings. The quantitative estimate of drug-likeness (QED) is 0.0338. The molecule has 1 heterocycles. The number of aromatic hydroxyl groups is 2. The van der Waals surface area contributed by atoms with Gasteiger partial charge >= 0.3 is 17.9 Å². The Labute approximate surface area is 365 Å². The van der Waals surface area contributed by atoms with E-state index >= 15 is 0 Å². The highest BCUT2D eigenvalue weighted by molar-refractivity contribution is 5.92. The van der Waals surface area contributed by atoms with E-state index in [2.05, 4.69) is 20.8 Å². The van der Waals surface area contributed by atoms with E-state index < -0.39 is 34.8 Å². The zero-order valence-corrected chi connectivity index (χ0v) is 37.8. The molecule has 0 aliphatic heterocycles. The first kappa shape index (κ1) is 51.0. The van der Waals surface area contributed by atoms with Gasteiger partial charge in [-0.3, -0.25) is 19.2 Å². The normalized spacial score (nSPS) is 11.3. The third-order valence-corrected chi connectivity index (χ3v) is 11.2. The lowest BCUT2D eigenvalue weighted by Crippen LogP contribution is -2.17. The average Bonchev–Trinajstić information content (AvgIpc) is 3.22. The van der Waals surface area contributed by atoms with Crippen LogP contribution in [0, 0.1) is 0 Å². The van der Waals surface area contributed by atoms with Crippen molar-refractivity contribution in [2.24, 2.45) is 0 Å². The molecule has 0 saturated heterocycles. The summed E-state index contributed by atoms with van der Waals surface area (Å²) < 4.78 is 23.5. The Kier molecular flexibility index (Phi) is 25.6. The third kappa shape index (κ3) is 19.9. The Hall–Kier alpha value is -4.34. The maximum atomic E-state index is 14.5. The summed E-state index contributed by atoms with van der Waals surface area (Å²) in [6, 6.07) is 6.41. The molecule has 0 atom stereocenters. The monoisotopic (exact) mass is 849 g/mol. The third-order valence-electron chi connectivity index (χ3n) is 11.2. The lowest BCUT2D eigenvalue weighted by Gasteiger charge is -2.15. The molecule has 0 aliphatic carbocycles. The minimum atomic E-state index is -0.803. The zero-order valence-electron chi connectivity index (χ0n) is 37.8. The molecule has 0 spiro atoms. The number of phenols is 2. The van der Waals surface area contributed by atoms with Gasteiger partial charge in [0.25, 0.3) is 0 Å². The number of phenolic OH excluding ortho intramolecular Hbond substituents is 2. The number of fused-ring (bicyclic) bond motifs is 1. The predicted octanol–water partition coefficient (Wildman–Crippen LogP) is 14.4. The number of carbonyl (C=O) groups excluding carboxylic acids is 3. The van der Waals surface area contributed by atoms with Gasteiger partial charge in [0, 0.05) is 37.5 Å². The summed E-state index contributed by atoms with van der Waals surface area (Å²) in [6.45, 7) is 6.60. The van der Waals surface area contributed by atoms with E-state index in [9.17, 15) is 29.4 Å². The van der Waals surface area contributed by atoms with Crippen LogP contribution in [0.1, 0.15) is 213 Å². The second-order valence-corrected chi connectivity index (χ2v) is 16.7. The first-order chi connectivity index (χ1) is 29.7. The van der Waals surface area contributed by atoms with E-state index in [1.807, 2.05) is 0 Å². The van der Waals surface area contributed by atoms with Crippen LogP contribution in [0.3, 0.4) is 0 Å². The van der Waals surface area contributed by atoms with Gasteiger partial charge in [0.2, 0.25) is 11.2 Å². The maximum absolute atomic E-state index is 14.5. The molecule has 10 heteroatoms. The highest BCUT2D eigenvalue weighted by atomic mass is 16.6. The van der Waals surface area contributed by atoms with Crippen LogP contribution in [0.4, 0.5) is 0 Å². The van der Waals surface area contributed by atoms with Crippen molar-refractivity contribution >= 4 is 28.9 Å². The molecule has 0 fully saturated rings. The molecule has 0 saturated carbocycles. The van der Waals surface area contributed by atoms with E-state index in [1.54, 1.807) is 0 Å².